The van der Waals surface area contributed by atoms with E-state index >= 15 is 0 Å². The van der Waals surface area contributed by atoms with Crippen molar-refractivity contribution in [1.29, 1.82) is 0 Å². The molecule has 2 rings (SSSR count). The first kappa shape index (κ1) is 11.9. The second-order valence-electron chi connectivity index (χ2n) is 4.51. The molecule has 1 aliphatic carbocycles. The lowest BCUT2D eigenvalue weighted by atomic mass is 9.89. The summed E-state index contributed by atoms with van der Waals surface area (Å²) in [7, 11) is 1.73. The van der Waals surface area contributed by atoms with Gasteiger partial charge in [-0.3, -0.25) is 0 Å². The molecule has 4 heteroatoms. The molecule has 4 nitrogen and oxygen atoms in total. The maximum Gasteiger partial charge on any atom is 0.335 e. The quantitative estimate of drug-likeness (QED) is 0.840. The van der Waals surface area contributed by atoms with Gasteiger partial charge >= 0.3 is 5.97 Å². The zero-order chi connectivity index (χ0) is 12.4. The van der Waals surface area contributed by atoms with Gasteiger partial charge in [0.25, 0.3) is 0 Å². The Hall–Kier alpha value is -1.55. The van der Waals surface area contributed by atoms with E-state index in [1.807, 2.05) is 13.0 Å². The van der Waals surface area contributed by atoms with E-state index in [0.717, 1.165) is 24.1 Å². The normalized spacial score (nSPS) is 22.9. The summed E-state index contributed by atoms with van der Waals surface area (Å²) < 4.78 is 5.22. The molecule has 1 aliphatic rings. The molecule has 0 saturated heterocycles. The van der Waals surface area contributed by atoms with Crippen LogP contribution in [0.5, 0.6) is 0 Å². The number of hydrogen-bond acceptors (Lipinski definition) is 3. The zero-order valence-electron chi connectivity index (χ0n) is 10.1. The van der Waals surface area contributed by atoms with Crippen LogP contribution in [0.2, 0.25) is 0 Å². The number of ether oxygens (including phenoxy) is 1. The number of anilines is 1. The molecular weight excluding hydrogens is 218 g/mol. The average Bonchev–Trinajstić information content (AvgIpc) is 2.24. The summed E-state index contributed by atoms with van der Waals surface area (Å²) >= 11 is 0. The van der Waals surface area contributed by atoms with Crippen LogP contribution in [0.15, 0.2) is 18.2 Å². The van der Waals surface area contributed by atoms with E-state index in [4.69, 9.17) is 9.84 Å². The molecule has 0 bridgehead atoms. The Morgan fingerprint density at radius 1 is 1.47 bits per heavy atom. The maximum absolute atomic E-state index is 10.8. The van der Waals surface area contributed by atoms with Crippen molar-refractivity contribution in [1.82, 2.24) is 0 Å². The van der Waals surface area contributed by atoms with E-state index in [-0.39, 0.29) is 0 Å². The summed E-state index contributed by atoms with van der Waals surface area (Å²) in [6, 6.07) is 5.59. The van der Waals surface area contributed by atoms with Gasteiger partial charge in [0.2, 0.25) is 0 Å². The van der Waals surface area contributed by atoms with Crippen molar-refractivity contribution in [2.75, 3.05) is 12.4 Å². The van der Waals surface area contributed by atoms with Crippen molar-refractivity contribution in [3.05, 3.63) is 29.3 Å². The molecule has 0 atom stereocenters. The molecule has 0 amide bonds. The minimum atomic E-state index is -0.886. The molecule has 1 saturated carbocycles. The number of carboxylic acids is 1. The topological polar surface area (TPSA) is 58.6 Å². The Morgan fingerprint density at radius 3 is 2.71 bits per heavy atom. The van der Waals surface area contributed by atoms with Crippen LogP contribution in [0.25, 0.3) is 0 Å². The summed E-state index contributed by atoms with van der Waals surface area (Å²) in [6.07, 6.45) is 2.39. The van der Waals surface area contributed by atoms with E-state index in [1.165, 1.54) is 0 Å². The lowest BCUT2D eigenvalue weighted by Gasteiger charge is -2.35. The van der Waals surface area contributed by atoms with E-state index in [1.54, 1.807) is 19.2 Å². The van der Waals surface area contributed by atoms with Crippen molar-refractivity contribution in [2.45, 2.75) is 31.9 Å². The molecule has 0 aromatic heterocycles. The molecule has 0 spiro atoms. The van der Waals surface area contributed by atoms with Crippen LogP contribution in [-0.2, 0) is 4.74 Å². The first-order valence-electron chi connectivity index (χ1n) is 5.73. The highest BCUT2D eigenvalue weighted by Crippen LogP contribution is 2.27. The zero-order valence-corrected chi connectivity index (χ0v) is 10.1. The number of nitrogens with one attached hydrogen (secondary N) is 1. The summed E-state index contributed by atoms with van der Waals surface area (Å²) in [5.74, 6) is -0.886. The third-order valence-electron chi connectivity index (χ3n) is 3.26. The molecule has 2 N–H and O–H groups in total. The molecule has 1 aromatic carbocycles. The van der Waals surface area contributed by atoms with E-state index in [0.29, 0.717) is 17.7 Å². The SMILES string of the molecule is COC1CC(Nc2ccc(C(=O)O)cc2C)C1. The standard InChI is InChI=1S/C13H17NO3/c1-8-5-9(13(15)16)3-4-12(8)14-10-6-11(7-10)17-2/h3-5,10-11,14H,6-7H2,1-2H3,(H,15,16). The van der Waals surface area contributed by atoms with Gasteiger partial charge in [0.15, 0.2) is 0 Å². The van der Waals surface area contributed by atoms with Gasteiger partial charge in [-0.25, -0.2) is 4.79 Å². The smallest absolute Gasteiger partial charge is 0.335 e. The van der Waals surface area contributed by atoms with Crippen LogP contribution in [0, 0.1) is 6.92 Å². The van der Waals surface area contributed by atoms with E-state index in [2.05, 4.69) is 5.32 Å². The highest BCUT2D eigenvalue weighted by Gasteiger charge is 2.28. The Morgan fingerprint density at radius 2 is 2.18 bits per heavy atom. The van der Waals surface area contributed by atoms with E-state index < -0.39 is 5.97 Å². The predicted octanol–water partition coefficient (Wildman–Crippen LogP) is 2.28. The molecule has 0 heterocycles. The molecular formula is C13H17NO3. The van der Waals surface area contributed by atoms with Crippen molar-refractivity contribution < 1.29 is 14.6 Å². The molecule has 1 aromatic rings. The summed E-state index contributed by atoms with van der Waals surface area (Å²) in [5, 5.41) is 12.3. The summed E-state index contributed by atoms with van der Waals surface area (Å²) in [6.45, 7) is 1.92. The molecule has 1 fully saturated rings. The Bertz CT molecular complexity index is 425. The number of carboxylic acid groups (broad SMARTS) is 1. The number of hydrogen-bond donors (Lipinski definition) is 2. The number of benzene rings is 1. The summed E-state index contributed by atoms with van der Waals surface area (Å²) in [5.41, 5.74) is 2.30. The number of carbonyl (C=O) groups is 1. The molecule has 0 aliphatic heterocycles. The third kappa shape index (κ3) is 2.58. The minimum Gasteiger partial charge on any atom is -0.478 e. The highest BCUT2D eigenvalue weighted by molar-refractivity contribution is 5.88. The largest absolute Gasteiger partial charge is 0.478 e. The number of rotatable bonds is 4. The van der Waals surface area contributed by atoms with Gasteiger partial charge in [-0.1, -0.05) is 0 Å². The molecule has 17 heavy (non-hydrogen) atoms. The van der Waals surface area contributed by atoms with E-state index in [9.17, 15) is 4.79 Å². The van der Waals surface area contributed by atoms with Crippen LogP contribution >= 0.6 is 0 Å². The van der Waals surface area contributed by atoms with Gasteiger partial charge in [0.1, 0.15) is 0 Å². The third-order valence-corrected chi connectivity index (χ3v) is 3.26. The van der Waals surface area contributed by atoms with Gasteiger partial charge in [0.05, 0.1) is 11.7 Å². The van der Waals surface area contributed by atoms with Crippen LogP contribution in [0.1, 0.15) is 28.8 Å². The molecule has 92 valence electrons. The second-order valence-corrected chi connectivity index (χ2v) is 4.51. The van der Waals surface area contributed by atoms with Crippen LogP contribution < -0.4 is 5.32 Å². The summed E-state index contributed by atoms with van der Waals surface area (Å²) in [4.78, 5) is 10.8. The Labute approximate surface area is 101 Å². The highest BCUT2D eigenvalue weighted by atomic mass is 16.5. The second kappa shape index (κ2) is 4.75. The van der Waals surface area contributed by atoms with Crippen molar-refractivity contribution in [3.8, 4) is 0 Å². The predicted molar refractivity (Wildman–Crippen MR) is 65.6 cm³/mol. The fourth-order valence-electron chi connectivity index (χ4n) is 2.05. The fourth-order valence-corrected chi connectivity index (χ4v) is 2.05. The number of methoxy groups -OCH3 is 1. The average molecular weight is 235 g/mol. The first-order valence-corrected chi connectivity index (χ1v) is 5.73. The Kier molecular flexibility index (Phi) is 3.33. The van der Waals surface area contributed by atoms with Gasteiger partial charge in [-0.15, -0.1) is 0 Å². The fraction of sp³-hybridized carbons (Fsp3) is 0.462. The molecule has 0 unspecified atom stereocenters. The number of aromatic carboxylic acids is 1. The van der Waals surface area contributed by atoms with Crippen LogP contribution in [0.4, 0.5) is 5.69 Å². The van der Waals surface area contributed by atoms with Gasteiger partial charge in [0, 0.05) is 18.8 Å². The van der Waals surface area contributed by atoms with Crippen molar-refractivity contribution in [3.63, 3.8) is 0 Å². The minimum absolute atomic E-state index is 0.330. The number of aryl methyl sites for hydroxylation is 1. The van der Waals surface area contributed by atoms with Gasteiger partial charge in [-0.2, -0.15) is 0 Å². The van der Waals surface area contributed by atoms with Crippen molar-refractivity contribution in [2.24, 2.45) is 0 Å². The van der Waals surface area contributed by atoms with Crippen LogP contribution in [-0.4, -0.2) is 30.3 Å². The molecule has 0 radical (unpaired) electrons. The maximum atomic E-state index is 10.8. The van der Waals surface area contributed by atoms with Crippen LogP contribution in [0.3, 0.4) is 0 Å². The monoisotopic (exact) mass is 235 g/mol. The lowest BCUT2D eigenvalue weighted by molar-refractivity contribution is 0.0328. The van der Waals surface area contributed by atoms with Crippen molar-refractivity contribution >= 4 is 11.7 Å². The lowest BCUT2D eigenvalue weighted by Crippen LogP contribution is -2.40. The van der Waals surface area contributed by atoms with Gasteiger partial charge in [-0.05, 0) is 43.5 Å². The Balaban J connectivity index is 2.00. The van der Waals surface area contributed by atoms with Gasteiger partial charge < -0.3 is 15.2 Å². The first-order chi connectivity index (χ1) is 8.10.